The molecular formula is C44H54N4O8. The van der Waals surface area contributed by atoms with Gasteiger partial charge in [0.25, 0.3) is 0 Å². The number of hydrogen-bond acceptors (Lipinski definition) is 10. The van der Waals surface area contributed by atoms with Crippen molar-refractivity contribution < 1.29 is 34.0 Å². The number of alkyl carbamates (subject to hydrolysis) is 1. The Bertz CT molecular complexity index is 1970. The van der Waals surface area contributed by atoms with E-state index in [1.54, 1.807) is 12.1 Å². The number of H-pyrrole nitrogens is 1. The monoisotopic (exact) mass is 766 g/mol. The van der Waals surface area contributed by atoms with Crippen molar-refractivity contribution in [2.45, 2.75) is 69.6 Å². The van der Waals surface area contributed by atoms with E-state index in [4.69, 9.17) is 14.2 Å². The van der Waals surface area contributed by atoms with Crippen LogP contribution in [0.15, 0.2) is 83.7 Å². The lowest BCUT2D eigenvalue weighted by molar-refractivity contribution is -0.150. The summed E-state index contributed by atoms with van der Waals surface area (Å²) in [7, 11) is 0. The van der Waals surface area contributed by atoms with Gasteiger partial charge in [-0.3, -0.25) is 14.5 Å². The summed E-state index contributed by atoms with van der Waals surface area (Å²) in [5, 5.41) is 27.8. The number of nitrogens with zero attached hydrogens (tertiary/aromatic N) is 1. The Morgan fingerprint density at radius 3 is 2.45 bits per heavy atom. The number of phenols is 1. The lowest BCUT2D eigenvalue weighted by Gasteiger charge is -2.43. The van der Waals surface area contributed by atoms with E-state index < -0.39 is 12.2 Å². The van der Waals surface area contributed by atoms with E-state index >= 15 is 0 Å². The fraction of sp³-hybridized carbons (Fsp3) is 0.477. The summed E-state index contributed by atoms with van der Waals surface area (Å²) in [4.78, 5) is 42.7. The Hall–Kier alpha value is -4.91. The highest BCUT2D eigenvalue weighted by atomic mass is 16.6. The Balaban J connectivity index is 0.803. The second-order valence-electron chi connectivity index (χ2n) is 15.6. The molecule has 4 aromatic rings. The number of nitrogens with one attached hydrogen (secondary N) is 3. The molecule has 0 radical (unpaired) electrons. The number of esters is 1. The molecule has 8 rings (SSSR count). The molecule has 3 saturated heterocycles. The van der Waals surface area contributed by atoms with Crippen molar-refractivity contribution in [3.63, 3.8) is 0 Å². The first-order chi connectivity index (χ1) is 27.3. The Labute approximate surface area is 327 Å². The molecule has 1 amide bonds. The second-order valence-corrected chi connectivity index (χ2v) is 15.6. The molecule has 3 aliphatic heterocycles. The Kier molecular flexibility index (Phi) is 13.2. The molecule has 1 aromatic heterocycles. The maximum absolute atomic E-state index is 13.2. The number of benzene rings is 3. The number of hydrogen-bond donors (Lipinski definition) is 5. The number of carbonyl (C=O) groups is 2. The van der Waals surface area contributed by atoms with Crippen LogP contribution in [-0.2, 0) is 14.3 Å². The number of aromatic amines is 1. The van der Waals surface area contributed by atoms with Gasteiger partial charge in [-0.2, -0.15) is 0 Å². The average Bonchev–Trinajstić information content (AvgIpc) is 3.23. The number of ether oxygens (including phenoxy) is 3. The van der Waals surface area contributed by atoms with Crippen molar-refractivity contribution in [3.8, 4) is 11.5 Å². The van der Waals surface area contributed by atoms with Crippen LogP contribution in [0, 0.1) is 17.8 Å². The van der Waals surface area contributed by atoms with Crippen LogP contribution in [0.3, 0.4) is 0 Å². The van der Waals surface area contributed by atoms with E-state index in [1.165, 1.54) is 12.1 Å². The summed E-state index contributed by atoms with van der Waals surface area (Å²) < 4.78 is 17.9. The summed E-state index contributed by atoms with van der Waals surface area (Å²) in [5.74, 6) is 1.24. The third-order valence-electron chi connectivity index (χ3n) is 11.7. The van der Waals surface area contributed by atoms with Gasteiger partial charge in [-0.1, -0.05) is 48.5 Å². The molecule has 2 bridgehead atoms. The van der Waals surface area contributed by atoms with Crippen molar-refractivity contribution >= 4 is 23.0 Å². The zero-order valence-corrected chi connectivity index (χ0v) is 31.9. The molecule has 1 saturated carbocycles. The molecule has 5 N–H and O–H groups in total. The maximum atomic E-state index is 13.2. The quantitative estimate of drug-likeness (QED) is 0.0678. The van der Waals surface area contributed by atoms with Gasteiger partial charge in [0.15, 0.2) is 0 Å². The van der Waals surface area contributed by atoms with E-state index in [1.807, 2.05) is 54.6 Å². The second kappa shape index (κ2) is 18.8. The molecule has 12 heteroatoms. The van der Waals surface area contributed by atoms with E-state index in [0.717, 1.165) is 81.5 Å². The SMILES string of the molecule is O=C(NC(c1ccccc1)c1cccc(OCC2CCC(C(=O)OCCCCNC[C@@H](O)c3ccc(O)c4[nH]c(=O)ccc34)CC2)c1)O[C@H]1CN2CCC1CC2. The van der Waals surface area contributed by atoms with Crippen molar-refractivity contribution in [3.05, 3.63) is 106 Å². The first-order valence-electron chi connectivity index (χ1n) is 20.2. The molecule has 4 heterocycles. The van der Waals surface area contributed by atoms with Gasteiger partial charge in [-0.15, -0.1) is 0 Å². The number of piperidine rings is 3. The normalized spacial score (nSPS) is 22.9. The van der Waals surface area contributed by atoms with Gasteiger partial charge in [0.1, 0.15) is 17.6 Å². The van der Waals surface area contributed by atoms with Crippen LogP contribution >= 0.6 is 0 Å². The lowest BCUT2D eigenvalue weighted by Crippen LogP contribution is -2.52. The van der Waals surface area contributed by atoms with Crippen molar-refractivity contribution in [1.82, 2.24) is 20.5 Å². The smallest absolute Gasteiger partial charge is 0.408 e. The molecular weight excluding hydrogens is 713 g/mol. The Morgan fingerprint density at radius 1 is 0.893 bits per heavy atom. The predicted octanol–water partition coefficient (Wildman–Crippen LogP) is 5.98. The van der Waals surface area contributed by atoms with E-state index in [2.05, 4.69) is 20.5 Å². The fourth-order valence-corrected chi connectivity index (χ4v) is 8.44. The van der Waals surface area contributed by atoms with Gasteiger partial charge in [0.2, 0.25) is 5.56 Å². The minimum atomic E-state index is -0.821. The van der Waals surface area contributed by atoms with Crippen LogP contribution in [-0.4, -0.2) is 84.2 Å². The summed E-state index contributed by atoms with van der Waals surface area (Å²) in [6.07, 6.45) is 5.67. The fourth-order valence-electron chi connectivity index (χ4n) is 8.44. The predicted molar refractivity (Wildman–Crippen MR) is 212 cm³/mol. The van der Waals surface area contributed by atoms with Gasteiger partial charge >= 0.3 is 12.1 Å². The number of unbranched alkanes of at least 4 members (excludes halogenated alkanes) is 1. The minimum absolute atomic E-state index is 0.0430. The molecule has 4 fully saturated rings. The number of phenolic OH excluding ortho intramolecular Hbond substituents is 1. The standard InChI is InChI=1S/C44H54N4O8/c49-37-17-15-35(36-16-18-40(51)46-42(36)37)38(50)26-45-21-4-5-24-54-43(52)32-13-11-29(12-14-32)28-55-34-10-6-9-33(25-34)41(31-7-2-1-3-8-31)47-44(53)56-39-27-48-22-19-30(39)20-23-48/h1-3,6-10,15-18,25,29-30,32,38-39,41,45,49-50H,4-5,11-14,19-24,26-28H2,(H,46,51)(H,47,53)/t29?,32?,38-,39+,41?/m1/s1. The van der Waals surface area contributed by atoms with Crippen LogP contribution in [0.5, 0.6) is 11.5 Å². The van der Waals surface area contributed by atoms with Crippen LogP contribution < -0.4 is 20.9 Å². The third-order valence-corrected chi connectivity index (χ3v) is 11.7. The minimum Gasteiger partial charge on any atom is -0.506 e. The van der Waals surface area contributed by atoms with Gasteiger partial charge in [0, 0.05) is 24.5 Å². The summed E-state index contributed by atoms with van der Waals surface area (Å²) in [5.41, 5.74) is 2.49. The molecule has 298 valence electrons. The summed E-state index contributed by atoms with van der Waals surface area (Å²) >= 11 is 0. The lowest BCUT2D eigenvalue weighted by atomic mass is 9.82. The molecule has 1 unspecified atom stereocenters. The Morgan fingerprint density at radius 2 is 1.68 bits per heavy atom. The number of aliphatic hydroxyl groups is 1. The van der Waals surface area contributed by atoms with E-state index in [9.17, 15) is 24.6 Å². The van der Waals surface area contributed by atoms with E-state index in [0.29, 0.717) is 61.0 Å². The number of pyridine rings is 1. The number of carbonyl (C=O) groups excluding carboxylic acids is 2. The van der Waals surface area contributed by atoms with Crippen molar-refractivity contribution in [2.75, 3.05) is 45.9 Å². The molecule has 3 aromatic carbocycles. The average molecular weight is 767 g/mol. The number of amides is 1. The topological polar surface area (TPSA) is 162 Å². The zero-order chi connectivity index (χ0) is 38.9. The van der Waals surface area contributed by atoms with Gasteiger partial charge in [-0.25, -0.2) is 4.79 Å². The largest absolute Gasteiger partial charge is 0.506 e. The van der Waals surface area contributed by atoms with Gasteiger partial charge in [0.05, 0.1) is 36.8 Å². The zero-order valence-electron chi connectivity index (χ0n) is 31.9. The number of rotatable bonds is 16. The molecule has 56 heavy (non-hydrogen) atoms. The summed E-state index contributed by atoms with van der Waals surface area (Å²) in [6.45, 7) is 4.85. The highest BCUT2D eigenvalue weighted by molar-refractivity contribution is 5.87. The number of aromatic hydroxyl groups is 1. The van der Waals surface area contributed by atoms with E-state index in [-0.39, 0.29) is 35.3 Å². The number of aliphatic hydroxyl groups excluding tert-OH is 1. The van der Waals surface area contributed by atoms with Crippen molar-refractivity contribution in [1.29, 1.82) is 0 Å². The van der Waals surface area contributed by atoms with Crippen LogP contribution in [0.4, 0.5) is 4.79 Å². The van der Waals surface area contributed by atoms with Crippen LogP contribution in [0.1, 0.15) is 80.2 Å². The first kappa shape index (κ1) is 39.3. The molecule has 12 nitrogen and oxygen atoms in total. The van der Waals surface area contributed by atoms with Gasteiger partial charge in [-0.05, 0) is 124 Å². The molecule has 0 spiro atoms. The van der Waals surface area contributed by atoms with Crippen LogP contribution in [0.25, 0.3) is 10.9 Å². The number of fused-ring (bicyclic) bond motifs is 4. The highest BCUT2D eigenvalue weighted by Crippen LogP contribution is 2.33. The molecule has 3 atom stereocenters. The van der Waals surface area contributed by atoms with Crippen molar-refractivity contribution in [2.24, 2.45) is 17.8 Å². The maximum Gasteiger partial charge on any atom is 0.408 e. The van der Waals surface area contributed by atoms with Crippen LogP contribution in [0.2, 0.25) is 0 Å². The molecule has 4 aliphatic rings. The first-order valence-corrected chi connectivity index (χ1v) is 20.2. The highest BCUT2D eigenvalue weighted by Gasteiger charge is 2.37. The van der Waals surface area contributed by atoms with Gasteiger partial charge < -0.3 is 40.0 Å². The number of aromatic nitrogens is 1. The third kappa shape index (κ3) is 10.1. The summed E-state index contributed by atoms with van der Waals surface area (Å²) in [6, 6.07) is 23.5. The molecule has 1 aliphatic carbocycles.